The van der Waals surface area contributed by atoms with Crippen molar-refractivity contribution in [2.75, 3.05) is 13.1 Å². The average Bonchev–Trinajstić information content (AvgIpc) is 3.39. The van der Waals surface area contributed by atoms with Gasteiger partial charge in [-0.25, -0.2) is 0 Å². The SMILES string of the molecule is Cc1cccc(C(=O)N2C[C@@H]3[C@H](C2)n2cccc2C(=O)N3Cc2ccccn2)c1. The fourth-order valence-corrected chi connectivity index (χ4v) is 4.49. The van der Waals surface area contributed by atoms with Crippen LogP contribution in [-0.4, -0.2) is 50.3 Å². The van der Waals surface area contributed by atoms with E-state index >= 15 is 0 Å². The van der Waals surface area contributed by atoms with E-state index < -0.39 is 0 Å². The molecule has 2 aliphatic rings. The summed E-state index contributed by atoms with van der Waals surface area (Å²) in [7, 11) is 0. The smallest absolute Gasteiger partial charge is 0.271 e. The Labute approximate surface area is 169 Å². The monoisotopic (exact) mass is 386 g/mol. The van der Waals surface area contributed by atoms with E-state index in [1.807, 2.05) is 82.1 Å². The Morgan fingerprint density at radius 3 is 2.72 bits per heavy atom. The van der Waals surface area contributed by atoms with Gasteiger partial charge in [-0.05, 0) is 43.3 Å². The number of aromatic nitrogens is 2. The van der Waals surface area contributed by atoms with Gasteiger partial charge in [0.15, 0.2) is 0 Å². The third-order valence-electron chi connectivity index (χ3n) is 5.89. The van der Waals surface area contributed by atoms with E-state index in [0.29, 0.717) is 30.9 Å². The van der Waals surface area contributed by atoms with E-state index in [9.17, 15) is 9.59 Å². The Kier molecular flexibility index (Phi) is 4.19. The van der Waals surface area contributed by atoms with Crippen molar-refractivity contribution in [1.29, 1.82) is 0 Å². The third-order valence-corrected chi connectivity index (χ3v) is 5.89. The first-order chi connectivity index (χ1) is 14.1. The van der Waals surface area contributed by atoms with Gasteiger partial charge in [0.2, 0.25) is 0 Å². The summed E-state index contributed by atoms with van der Waals surface area (Å²) in [4.78, 5) is 34.5. The summed E-state index contributed by atoms with van der Waals surface area (Å²) in [6.07, 6.45) is 3.69. The van der Waals surface area contributed by atoms with Crippen LogP contribution in [0, 0.1) is 6.92 Å². The van der Waals surface area contributed by atoms with Crippen molar-refractivity contribution in [1.82, 2.24) is 19.4 Å². The van der Waals surface area contributed by atoms with Gasteiger partial charge in [0, 0.05) is 31.0 Å². The first kappa shape index (κ1) is 17.7. The number of aryl methyl sites for hydroxylation is 1. The molecule has 4 heterocycles. The quantitative estimate of drug-likeness (QED) is 0.695. The Morgan fingerprint density at radius 1 is 1.07 bits per heavy atom. The molecular weight excluding hydrogens is 364 g/mol. The van der Waals surface area contributed by atoms with Gasteiger partial charge in [-0.1, -0.05) is 23.8 Å². The molecule has 146 valence electrons. The second kappa shape index (κ2) is 6.88. The summed E-state index contributed by atoms with van der Waals surface area (Å²) < 4.78 is 2.03. The predicted octanol–water partition coefficient (Wildman–Crippen LogP) is 2.91. The molecule has 0 spiro atoms. The highest BCUT2D eigenvalue weighted by molar-refractivity contribution is 5.96. The molecule has 1 fully saturated rings. The number of hydrogen-bond acceptors (Lipinski definition) is 3. The summed E-state index contributed by atoms with van der Waals surface area (Å²) in [5.74, 6) is 0.00815. The molecule has 5 rings (SSSR count). The van der Waals surface area contributed by atoms with E-state index in [2.05, 4.69) is 4.98 Å². The lowest BCUT2D eigenvalue weighted by atomic mass is 10.1. The Morgan fingerprint density at radius 2 is 1.93 bits per heavy atom. The lowest BCUT2D eigenvalue weighted by molar-refractivity contribution is 0.0547. The molecule has 0 N–H and O–H groups in total. The number of benzene rings is 1. The van der Waals surface area contributed by atoms with Gasteiger partial charge < -0.3 is 14.4 Å². The van der Waals surface area contributed by atoms with Crippen LogP contribution in [0.4, 0.5) is 0 Å². The molecule has 2 aliphatic heterocycles. The molecule has 29 heavy (non-hydrogen) atoms. The van der Waals surface area contributed by atoms with Crippen molar-refractivity contribution in [3.63, 3.8) is 0 Å². The van der Waals surface area contributed by atoms with Crippen LogP contribution >= 0.6 is 0 Å². The first-order valence-corrected chi connectivity index (χ1v) is 9.85. The molecule has 2 amide bonds. The number of nitrogens with zero attached hydrogens (tertiary/aromatic N) is 4. The molecule has 0 saturated carbocycles. The number of carbonyl (C=O) groups excluding carboxylic acids is 2. The van der Waals surface area contributed by atoms with E-state index in [0.717, 1.165) is 11.3 Å². The summed E-state index contributed by atoms with van der Waals surface area (Å²) in [6.45, 7) is 3.54. The molecule has 6 nitrogen and oxygen atoms in total. The number of carbonyl (C=O) groups is 2. The fourth-order valence-electron chi connectivity index (χ4n) is 4.49. The molecule has 0 aliphatic carbocycles. The van der Waals surface area contributed by atoms with Gasteiger partial charge in [0.25, 0.3) is 11.8 Å². The highest BCUT2D eigenvalue weighted by Gasteiger charge is 2.46. The zero-order chi connectivity index (χ0) is 20.0. The molecule has 0 unspecified atom stereocenters. The van der Waals surface area contributed by atoms with Crippen molar-refractivity contribution in [2.24, 2.45) is 0 Å². The third kappa shape index (κ3) is 3.01. The molecule has 3 aromatic rings. The second-order valence-electron chi connectivity index (χ2n) is 7.77. The highest BCUT2D eigenvalue weighted by atomic mass is 16.2. The number of rotatable bonds is 3. The summed E-state index contributed by atoms with van der Waals surface area (Å²) in [6, 6.07) is 17.1. The summed E-state index contributed by atoms with van der Waals surface area (Å²) in [5.41, 5.74) is 3.28. The maximum atomic E-state index is 13.2. The molecule has 0 bridgehead atoms. The minimum atomic E-state index is -0.0711. The molecule has 2 aromatic heterocycles. The van der Waals surface area contributed by atoms with Gasteiger partial charge >= 0.3 is 0 Å². The van der Waals surface area contributed by atoms with Crippen molar-refractivity contribution in [3.8, 4) is 0 Å². The lowest BCUT2D eigenvalue weighted by Gasteiger charge is -2.37. The minimum Gasteiger partial charge on any atom is -0.337 e. The van der Waals surface area contributed by atoms with Crippen molar-refractivity contribution >= 4 is 11.8 Å². The van der Waals surface area contributed by atoms with Gasteiger partial charge in [0.05, 0.1) is 24.3 Å². The zero-order valence-corrected chi connectivity index (χ0v) is 16.2. The van der Waals surface area contributed by atoms with Crippen molar-refractivity contribution in [2.45, 2.75) is 25.6 Å². The topological polar surface area (TPSA) is 58.4 Å². The maximum absolute atomic E-state index is 13.2. The molecule has 1 saturated heterocycles. The fraction of sp³-hybridized carbons (Fsp3) is 0.261. The zero-order valence-electron chi connectivity index (χ0n) is 16.2. The molecular formula is C23H22N4O2. The van der Waals surface area contributed by atoms with Crippen LogP contribution in [-0.2, 0) is 6.54 Å². The van der Waals surface area contributed by atoms with Crippen LogP contribution in [0.2, 0.25) is 0 Å². The van der Waals surface area contributed by atoms with Crippen LogP contribution in [0.25, 0.3) is 0 Å². The van der Waals surface area contributed by atoms with Crippen LogP contribution < -0.4 is 0 Å². The minimum absolute atomic E-state index is 0.00763. The predicted molar refractivity (Wildman–Crippen MR) is 108 cm³/mol. The van der Waals surface area contributed by atoms with Crippen LogP contribution in [0.1, 0.15) is 38.1 Å². The Hall–Kier alpha value is -3.41. The number of hydrogen-bond donors (Lipinski definition) is 0. The van der Waals surface area contributed by atoms with Crippen LogP contribution in [0.3, 0.4) is 0 Å². The Balaban J connectivity index is 1.47. The molecule has 2 atom stereocenters. The highest BCUT2D eigenvalue weighted by Crippen LogP contribution is 2.35. The van der Waals surface area contributed by atoms with Gasteiger partial charge in [-0.3, -0.25) is 14.6 Å². The second-order valence-corrected chi connectivity index (χ2v) is 7.77. The summed E-state index contributed by atoms with van der Waals surface area (Å²) in [5, 5.41) is 0. The largest absolute Gasteiger partial charge is 0.337 e. The van der Waals surface area contributed by atoms with E-state index in [1.165, 1.54) is 0 Å². The molecule has 1 aromatic carbocycles. The van der Waals surface area contributed by atoms with Crippen LogP contribution in [0.15, 0.2) is 67.0 Å². The molecule has 0 radical (unpaired) electrons. The van der Waals surface area contributed by atoms with Crippen molar-refractivity contribution < 1.29 is 9.59 Å². The number of fused-ring (bicyclic) bond motifs is 3. The number of amides is 2. The maximum Gasteiger partial charge on any atom is 0.271 e. The van der Waals surface area contributed by atoms with E-state index in [4.69, 9.17) is 0 Å². The van der Waals surface area contributed by atoms with Crippen molar-refractivity contribution in [3.05, 3.63) is 89.5 Å². The lowest BCUT2D eigenvalue weighted by Crippen LogP contribution is -2.50. The van der Waals surface area contributed by atoms with Gasteiger partial charge in [0.1, 0.15) is 5.69 Å². The van der Waals surface area contributed by atoms with E-state index in [1.54, 1.807) is 6.20 Å². The standard InChI is InChI=1S/C23H22N4O2/c1-16-6-4-7-17(12-16)22(28)25-14-20-21(15-25)27(13-18-8-2-3-10-24-18)23(29)19-9-5-11-26(19)20/h2-12,20-21H,13-15H2,1H3/t20-,21+/m0/s1. The normalized spacial score (nSPS) is 20.5. The average molecular weight is 386 g/mol. The van der Waals surface area contributed by atoms with Crippen LogP contribution in [0.5, 0.6) is 0 Å². The number of pyridine rings is 1. The first-order valence-electron chi connectivity index (χ1n) is 9.85. The molecule has 6 heteroatoms. The number of likely N-dealkylation sites (tertiary alicyclic amines) is 1. The Bertz CT molecular complexity index is 1080. The van der Waals surface area contributed by atoms with E-state index in [-0.39, 0.29) is 23.9 Å². The van der Waals surface area contributed by atoms with Gasteiger partial charge in [-0.2, -0.15) is 0 Å². The summed E-state index contributed by atoms with van der Waals surface area (Å²) >= 11 is 0. The van der Waals surface area contributed by atoms with Gasteiger partial charge in [-0.15, -0.1) is 0 Å².